The molecule has 1 rings (SSSR count). The summed E-state index contributed by atoms with van der Waals surface area (Å²) in [7, 11) is 0. The Labute approximate surface area is 86.0 Å². The molecule has 0 fully saturated rings. The molecule has 1 aromatic carbocycles. The molecule has 5 heteroatoms. The lowest BCUT2D eigenvalue weighted by Gasteiger charge is -2.09. The van der Waals surface area contributed by atoms with Gasteiger partial charge in [0.1, 0.15) is 0 Å². The van der Waals surface area contributed by atoms with Crippen LogP contribution in [0.25, 0.3) is 0 Å². The molecule has 0 aliphatic rings. The van der Waals surface area contributed by atoms with Gasteiger partial charge in [0.25, 0.3) is 0 Å². The fraction of sp³-hybridized carbons (Fsp3) is 0.400. The second-order valence-corrected chi connectivity index (χ2v) is 3.15. The van der Waals surface area contributed by atoms with E-state index in [1.165, 1.54) is 0 Å². The van der Waals surface area contributed by atoms with Crippen LogP contribution < -0.4 is 5.48 Å². The Balaban J connectivity index is 2.30. The van der Waals surface area contributed by atoms with Crippen LogP contribution >= 0.6 is 0 Å². The number of aryl methyl sites for hydroxylation is 1. The van der Waals surface area contributed by atoms with E-state index >= 15 is 0 Å². The first-order valence-electron chi connectivity index (χ1n) is 4.45. The number of hydroxylamine groups is 1. The van der Waals surface area contributed by atoms with Gasteiger partial charge < -0.3 is 0 Å². The molecule has 1 aromatic rings. The van der Waals surface area contributed by atoms with E-state index in [1.54, 1.807) is 0 Å². The zero-order chi connectivity index (χ0) is 11.3. The topological polar surface area (TPSA) is 21.3 Å². The molecule has 0 radical (unpaired) electrons. The maximum Gasteiger partial charge on any atom is 0.413 e. The monoisotopic (exact) mass is 219 g/mol. The Morgan fingerprint density at radius 3 is 2.53 bits per heavy atom. The van der Waals surface area contributed by atoms with Gasteiger partial charge in [-0.15, -0.1) is 0 Å². The van der Waals surface area contributed by atoms with E-state index in [0.29, 0.717) is 0 Å². The van der Waals surface area contributed by atoms with Gasteiger partial charge in [-0.3, -0.25) is 4.84 Å². The minimum Gasteiger partial charge on any atom is -0.292 e. The van der Waals surface area contributed by atoms with E-state index in [9.17, 15) is 13.2 Å². The Morgan fingerprint density at radius 2 is 1.93 bits per heavy atom. The Bertz CT molecular complexity index is 312. The maximum atomic E-state index is 11.7. The predicted octanol–water partition coefficient (Wildman–Crippen LogP) is 2.58. The number of halogens is 3. The second kappa shape index (κ2) is 5.14. The van der Waals surface area contributed by atoms with Crippen molar-refractivity contribution in [3.63, 3.8) is 0 Å². The SMILES string of the molecule is Cc1ccccc1CNOCC(F)(F)F. The molecule has 0 saturated carbocycles. The minimum atomic E-state index is -4.29. The molecule has 0 amide bonds. The first-order chi connectivity index (χ1) is 6.99. The fourth-order valence-electron chi connectivity index (χ4n) is 1.07. The van der Waals surface area contributed by atoms with Crippen LogP contribution in [0.2, 0.25) is 0 Å². The van der Waals surface area contributed by atoms with E-state index in [4.69, 9.17) is 0 Å². The van der Waals surface area contributed by atoms with Gasteiger partial charge in [-0.25, -0.2) is 0 Å². The summed E-state index contributed by atoms with van der Waals surface area (Å²) in [5.41, 5.74) is 4.21. The molecule has 0 heterocycles. The van der Waals surface area contributed by atoms with Gasteiger partial charge in [-0.05, 0) is 18.1 Å². The van der Waals surface area contributed by atoms with E-state index in [-0.39, 0.29) is 6.54 Å². The van der Waals surface area contributed by atoms with Gasteiger partial charge in [0.05, 0.1) is 0 Å². The van der Waals surface area contributed by atoms with Crippen LogP contribution in [-0.2, 0) is 11.4 Å². The average molecular weight is 219 g/mol. The molecular formula is C10H12F3NO. The molecule has 0 spiro atoms. The summed E-state index contributed by atoms with van der Waals surface area (Å²) >= 11 is 0. The molecule has 1 N–H and O–H groups in total. The highest BCUT2D eigenvalue weighted by molar-refractivity contribution is 5.24. The first kappa shape index (κ1) is 12.0. The van der Waals surface area contributed by atoms with Crippen molar-refractivity contribution in [3.05, 3.63) is 35.4 Å². The van der Waals surface area contributed by atoms with Gasteiger partial charge in [0.15, 0.2) is 6.61 Å². The van der Waals surface area contributed by atoms with E-state index in [2.05, 4.69) is 10.3 Å². The van der Waals surface area contributed by atoms with Gasteiger partial charge >= 0.3 is 6.18 Å². The van der Waals surface area contributed by atoms with Crippen LogP contribution in [0.5, 0.6) is 0 Å². The second-order valence-electron chi connectivity index (χ2n) is 3.15. The lowest BCUT2D eigenvalue weighted by molar-refractivity contribution is -0.190. The highest BCUT2D eigenvalue weighted by atomic mass is 19.4. The Hall–Kier alpha value is -1.07. The third kappa shape index (κ3) is 4.80. The molecule has 0 aromatic heterocycles. The van der Waals surface area contributed by atoms with Crippen molar-refractivity contribution < 1.29 is 18.0 Å². The number of rotatable bonds is 4. The highest BCUT2D eigenvalue weighted by Crippen LogP contribution is 2.14. The molecule has 84 valence electrons. The van der Waals surface area contributed by atoms with Crippen LogP contribution in [0.4, 0.5) is 13.2 Å². The van der Waals surface area contributed by atoms with E-state index in [1.807, 2.05) is 31.2 Å². The molecule has 0 atom stereocenters. The summed E-state index contributed by atoms with van der Waals surface area (Å²) in [5.74, 6) is 0. The van der Waals surface area contributed by atoms with Gasteiger partial charge in [-0.1, -0.05) is 24.3 Å². The third-order valence-electron chi connectivity index (χ3n) is 1.86. The molecule has 0 aliphatic heterocycles. The summed E-state index contributed by atoms with van der Waals surface area (Å²) in [6, 6.07) is 7.42. The van der Waals surface area contributed by atoms with Crippen molar-refractivity contribution in [1.82, 2.24) is 5.48 Å². The number of nitrogens with one attached hydrogen (secondary N) is 1. The van der Waals surface area contributed by atoms with Crippen LogP contribution in [0.1, 0.15) is 11.1 Å². The molecule has 0 saturated heterocycles. The largest absolute Gasteiger partial charge is 0.413 e. The third-order valence-corrected chi connectivity index (χ3v) is 1.86. The Morgan fingerprint density at radius 1 is 1.27 bits per heavy atom. The van der Waals surface area contributed by atoms with Crippen molar-refractivity contribution in [2.45, 2.75) is 19.6 Å². The van der Waals surface area contributed by atoms with E-state index in [0.717, 1.165) is 11.1 Å². The average Bonchev–Trinajstić information content (AvgIpc) is 2.13. The van der Waals surface area contributed by atoms with Crippen LogP contribution in [0.15, 0.2) is 24.3 Å². The number of alkyl halides is 3. The van der Waals surface area contributed by atoms with Crippen LogP contribution in [-0.4, -0.2) is 12.8 Å². The molecule has 0 aliphatic carbocycles. The van der Waals surface area contributed by atoms with Gasteiger partial charge in [0, 0.05) is 6.54 Å². The smallest absolute Gasteiger partial charge is 0.292 e. The molecular weight excluding hydrogens is 207 g/mol. The standard InChI is InChI=1S/C10H12F3NO/c1-8-4-2-3-5-9(8)6-14-15-7-10(11,12)13/h2-5,14H,6-7H2,1H3. The molecule has 0 bridgehead atoms. The lowest BCUT2D eigenvalue weighted by atomic mass is 10.1. The minimum absolute atomic E-state index is 0.267. The predicted molar refractivity (Wildman–Crippen MR) is 50.0 cm³/mol. The summed E-state index contributed by atoms with van der Waals surface area (Å²) in [4.78, 5) is 4.28. The van der Waals surface area contributed by atoms with Crippen LogP contribution in [0, 0.1) is 6.92 Å². The summed E-state index contributed by atoms with van der Waals surface area (Å²) < 4.78 is 35.1. The van der Waals surface area contributed by atoms with Crippen molar-refractivity contribution in [3.8, 4) is 0 Å². The van der Waals surface area contributed by atoms with Crippen molar-refractivity contribution in [2.24, 2.45) is 0 Å². The van der Waals surface area contributed by atoms with Crippen molar-refractivity contribution >= 4 is 0 Å². The first-order valence-corrected chi connectivity index (χ1v) is 4.45. The fourth-order valence-corrected chi connectivity index (χ4v) is 1.07. The van der Waals surface area contributed by atoms with Gasteiger partial charge in [0.2, 0.25) is 0 Å². The van der Waals surface area contributed by atoms with Crippen molar-refractivity contribution in [1.29, 1.82) is 0 Å². The van der Waals surface area contributed by atoms with Gasteiger partial charge in [-0.2, -0.15) is 18.7 Å². The maximum absolute atomic E-state index is 11.7. The number of benzene rings is 1. The summed E-state index contributed by atoms with van der Waals surface area (Å²) in [6.07, 6.45) is -4.29. The summed E-state index contributed by atoms with van der Waals surface area (Å²) in [6.45, 7) is 0.877. The molecule has 0 unspecified atom stereocenters. The summed E-state index contributed by atoms with van der Waals surface area (Å²) in [5, 5.41) is 0. The van der Waals surface area contributed by atoms with Crippen LogP contribution in [0.3, 0.4) is 0 Å². The zero-order valence-corrected chi connectivity index (χ0v) is 8.27. The molecule has 2 nitrogen and oxygen atoms in total. The van der Waals surface area contributed by atoms with Crippen molar-refractivity contribution in [2.75, 3.05) is 6.61 Å². The molecule has 15 heavy (non-hydrogen) atoms. The zero-order valence-electron chi connectivity index (χ0n) is 8.27. The Kier molecular flexibility index (Phi) is 4.11. The normalized spacial score (nSPS) is 11.7. The number of hydrogen-bond acceptors (Lipinski definition) is 2. The highest BCUT2D eigenvalue weighted by Gasteiger charge is 2.27. The lowest BCUT2D eigenvalue weighted by Crippen LogP contribution is -2.24. The van der Waals surface area contributed by atoms with E-state index < -0.39 is 12.8 Å². The number of hydrogen-bond donors (Lipinski definition) is 1. The quantitative estimate of drug-likeness (QED) is 0.620.